The minimum Gasteiger partial charge on any atom is -0.380 e. The average molecular weight is 134 g/mol. The van der Waals surface area contributed by atoms with Gasteiger partial charge in [-0.3, -0.25) is 0 Å². The maximum atomic E-state index is 5.23. The fraction of sp³-hybridized carbons (Fsp3) is 1.00. The van der Waals surface area contributed by atoms with E-state index in [1.165, 1.54) is 11.5 Å². The van der Waals surface area contributed by atoms with E-state index in [0.717, 1.165) is 13.2 Å². The van der Waals surface area contributed by atoms with Crippen LogP contribution in [0.15, 0.2) is 0 Å². The topological polar surface area (TPSA) is 9.23 Å². The van der Waals surface area contributed by atoms with Gasteiger partial charge in [0, 0.05) is 11.5 Å². The molecule has 0 spiro atoms. The van der Waals surface area contributed by atoms with Crippen LogP contribution < -0.4 is 0 Å². The minimum atomic E-state index is -0.208. The molecular formula is C6H14OS. The van der Waals surface area contributed by atoms with E-state index in [4.69, 9.17) is 4.74 Å². The number of rotatable bonds is 0. The van der Waals surface area contributed by atoms with Gasteiger partial charge in [-0.2, -0.15) is 0 Å². The largest absolute Gasteiger partial charge is 0.380 e. The van der Waals surface area contributed by atoms with E-state index >= 15 is 0 Å². The van der Waals surface area contributed by atoms with Gasteiger partial charge in [-0.05, 0) is 12.5 Å². The van der Waals surface area contributed by atoms with Crippen LogP contribution >= 0.6 is 10.0 Å². The van der Waals surface area contributed by atoms with Crippen molar-refractivity contribution in [2.75, 3.05) is 37.2 Å². The van der Waals surface area contributed by atoms with Crippen LogP contribution in [0.5, 0.6) is 0 Å². The maximum absolute atomic E-state index is 5.23. The summed E-state index contributed by atoms with van der Waals surface area (Å²) in [6, 6.07) is 0. The molecule has 1 rings (SSSR count). The molecule has 8 heavy (non-hydrogen) atoms. The van der Waals surface area contributed by atoms with Gasteiger partial charge in [0.2, 0.25) is 0 Å². The Kier molecular flexibility index (Phi) is 1.83. The average Bonchev–Trinajstić information content (AvgIpc) is 1.65. The van der Waals surface area contributed by atoms with Gasteiger partial charge in [0.15, 0.2) is 0 Å². The standard InChI is InChI=1S/C6H14OS/c1-8(2)5-3-7-4-6-8/h3-6H2,1-2H3. The molecule has 0 aromatic rings. The van der Waals surface area contributed by atoms with Crippen LogP contribution in [0.2, 0.25) is 0 Å². The van der Waals surface area contributed by atoms with E-state index < -0.39 is 0 Å². The number of hydrogen-bond donors (Lipinski definition) is 0. The van der Waals surface area contributed by atoms with Crippen LogP contribution in [-0.2, 0) is 4.74 Å². The summed E-state index contributed by atoms with van der Waals surface area (Å²) in [6.07, 6.45) is 4.77. The molecule has 1 saturated heterocycles. The van der Waals surface area contributed by atoms with Gasteiger partial charge in [0.05, 0.1) is 13.2 Å². The smallest absolute Gasteiger partial charge is 0.0542 e. The predicted molar refractivity (Wildman–Crippen MR) is 40.0 cm³/mol. The molecule has 0 aliphatic carbocycles. The third-order valence-electron chi connectivity index (χ3n) is 1.56. The van der Waals surface area contributed by atoms with Gasteiger partial charge in [0.25, 0.3) is 0 Å². The molecule has 0 aromatic heterocycles. The molecule has 2 heteroatoms. The van der Waals surface area contributed by atoms with E-state index in [-0.39, 0.29) is 10.0 Å². The lowest BCUT2D eigenvalue weighted by atomic mass is 10.8. The van der Waals surface area contributed by atoms with Crippen molar-refractivity contribution in [1.29, 1.82) is 0 Å². The van der Waals surface area contributed by atoms with E-state index in [0.29, 0.717) is 0 Å². The summed E-state index contributed by atoms with van der Waals surface area (Å²) < 4.78 is 5.23. The highest BCUT2D eigenvalue weighted by atomic mass is 32.3. The Morgan fingerprint density at radius 2 is 1.62 bits per heavy atom. The molecule has 0 unspecified atom stereocenters. The van der Waals surface area contributed by atoms with Crippen molar-refractivity contribution < 1.29 is 4.74 Å². The zero-order valence-electron chi connectivity index (χ0n) is 5.64. The molecule has 50 valence electrons. The molecule has 0 saturated carbocycles. The molecular weight excluding hydrogens is 120 g/mol. The highest BCUT2D eigenvalue weighted by molar-refractivity contribution is 8.32. The zero-order valence-corrected chi connectivity index (χ0v) is 6.46. The van der Waals surface area contributed by atoms with E-state index in [2.05, 4.69) is 12.5 Å². The molecule has 0 aromatic carbocycles. The second kappa shape index (κ2) is 2.28. The number of hydrogen-bond acceptors (Lipinski definition) is 1. The van der Waals surface area contributed by atoms with Gasteiger partial charge >= 0.3 is 0 Å². The second-order valence-electron chi connectivity index (χ2n) is 2.79. The monoisotopic (exact) mass is 134 g/mol. The Labute approximate surface area is 52.7 Å². The van der Waals surface area contributed by atoms with Crippen molar-refractivity contribution in [2.24, 2.45) is 0 Å². The quantitative estimate of drug-likeness (QED) is 0.482. The van der Waals surface area contributed by atoms with Crippen LogP contribution in [0.3, 0.4) is 0 Å². The molecule has 1 heterocycles. The fourth-order valence-electron chi connectivity index (χ4n) is 0.773. The molecule has 0 radical (unpaired) electrons. The van der Waals surface area contributed by atoms with Crippen LogP contribution in [0.4, 0.5) is 0 Å². The van der Waals surface area contributed by atoms with Crippen LogP contribution in [0.25, 0.3) is 0 Å². The summed E-state index contributed by atoms with van der Waals surface area (Å²) in [5, 5.41) is 0. The summed E-state index contributed by atoms with van der Waals surface area (Å²) in [5.74, 6) is 2.62. The molecule has 1 nitrogen and oxygen atoms in total. The molecule has 1 aliphatic rings. The molecule has 0 atom stereocenters. The third-order valence-corrected chi connectivity index (χ3v) is 4.10. The van der Waals surface area contributed by atoms with Gasteiger partial charge in [0.1, 0.15) is 0 Å². The summed E-state index contributed by atoms with van der Waals surface area (Å²) in [6.45, 7) is 2.00. The number of ether oxygens (including phenoxy) is 1. The minimum absolute atomic E-state index is 0.208. The predicted octanol–water partition coefficient (Wildman–Crippen LogP) is 1.08. The van der Waals surface area contributed by atoms with Gasteiger partial charge in [-0.1, -0.05) is 0 Å². The van der Waals surface area contributed by atoms with E-state index in [1.54, 1.807) is 0 Å². The van der Waals surface area contributed by atoms with Crippen molar-refractivity contribution in [3.63, 3.8) is 0 Å². The second-order valence-corrected chi connectivity index (χ2v) is 7.14. The van der Waals surface area contributed by atoms with Gasteiger partial charge < -0.3 is 4.74 Å². The lowest BCUT2D eigenvalue weighted by Gasteiger charge is -2.34. The Bertz CT molecular complexity index is 72.6. The first kappa shape index (κ1) is 6.43. The fourth-order valence-corrected chi connectivity index (χ4v) is 2.12. The van der Waals surface area contributed by atoms with Crippen molar-refractivity contribution in [2.45, 2.75) is 0 Å². The zero-order chi connectivity index (χ0) is 6.04. The first-order valence-electron chi connectivity index (χ1n) is 2.97. The molecule has 0 bridgehead atoms. The summed E-state index contributed by atoms with van der Waals surface area (Å²) in [4.78, 5) is 0. The Morgan fingerprint density at radius 1 is 1.12 bits per heavy atom. The van der Waals surface area contributed by atoms with E-state index in [1.807, 2.05) is 0 Å². The third kappa shape index (κ3) is 1.67. The highest BCUT2D eigenvalue weighted by Crippen LogP contribution is 2.40. The van der Waals surface area contributed by atoms with Crippen LogP contribution in [-0.4, -0.2) is 37.2 Å². The first-order chi connectivity index (χ1) is 3.71. The van der Waals surface area contributed by atoms with Crippen molar-refractivity contribution in [3.05, 3.63) is 0 Å². The van der Waals surface area contributed by atoms with Crippen LogP contribution in [0.1, 0.15) is 0 Å². The molecule has 1 fully saturated rings. The highest BCUT2D eigenvalue weighted by Gasteiger charge is 2.14. The maximum Gasteiger partial charge on any atom is 0.0542 e. The van der Waals surface area contributed by atoms with Crippen LogP contribution in [0, 0.1) is 0 Å². The SMILES string of the molecule is CS1(C)CCOCC1. The first-order valence-corrected chi connectivity index (χ1v) is 5.76. The van der Waals surface area contributed by atoms with E-state index in [9.17, 15) is 0 Å². The Hall–Kier alpha value is 0.310. The van der Waals surface area contributed by atoms with Crippen molar-refractivity contribution in [1.82, 2.24) is 0 Å². The summed E-state index contributed by atoms with van der Waals surface area (Å²) in [7, 11) is -0.208. The van der Waals surface area contributed by atoms with Gasteiger partial charge in [-0.15, -0.1) is 0 Å². The molecule has 0 amide bonds. The summed E-state index contributed by atoms with van der Waals surface area (Å²) in [5.41, 5.74) is 0. The normalized spacial score (nSPS) is 31.8. The Morgan fingerprint density at radius 3 is 1.88 bits per heavy atom. The summed E-state index contributed by atoms with van der Waals surface area (Å²) >= 11 is 0. The lowest BCUT2D eigenvalue weighted by molar-refractivity contribution is 0.159. The molecule has 0 N–H and O–H groups in total. The molecule has 1 aliphatic heterocycles. The lowest BCUT2D eigenvalue weighted by Crippen LogP contribution is -2.21. The van der Waals surface area contributed by atoms with Crippen molar-refractivity contribution >= 4 is 10.0 Å². The van der Waals surface area contributed by atoms with Gasteiger partial charge in [-0.25, -0.2) is 10.0 Å². The Balaban J connectivity index is 2.33. The van der Waals surface area contributed by atoms with Crippen molar-refractivity contribution in [3.8, 4) is 0 Å².